The second kappa shape index (κ2) is 14.5. The van der Waals surface area contributed by atoms with Crippen molar-refractivity contribution in [3.05, 3.63) is 80.6 Å². The van der Waals surface area contributed by atoms with Crippen LogP contribution < -0.4 is 34.1 Å². The minimum Gasteiger partial charge on any atom is -0.370 e. The largest absolute Gasteiger partial charge is 0.394 e. The molecule has 2 aromatic heterocycles. The van der Waals surface area contributed by atoms with Gasteiger partial charge in [0, 0.05) is 23.9 Å². The molecule has 0 saturated carbocycles. The van der Waals surface area contributed by atoms with Crippen LogP contribution in [-0.4, -0.2) is 49.0 Å². The first-order valence-corrected chi connectivity index (χ1v) is 13.4. The van der Waals surface area contributed by atoms with Crippen molar-refractivity contribution in [1.29, 1.82) is 0 Å². The van der Waals surface area contributed by atoms with Crippen molar-refractivity contribution >= 4 is 43.9 Å². The van der Waals surface area contributed by atoms with E-state index in [1.54, 1.807) is 12.1 Å². The van der Waals surface area contributed by atoms with Crippen LogP contribution in [0.25, 0.3) is 21.5 Å². The van der Waals surface area contributed by atoms with Crippen molar-refractivity contribution in [1.82, 2.24) is 19.6 Å². The number of fused-ring (bicyclic) bond motifs is 2. The Morgan fingerprint density at radius 2 is 1.00 bits per heavy atom. The van der Waals surface area contributed by atoms with E-state index >= 15 is 0 Å². The molecule has 41 heavy (non-hydrogen) atoms. The Labute approximate surface area is 234 Å². The highest BCUT2D eigenvalue weighted by Gasteiger charge is 2.10. The van der Waals surface area contributed by atoms with Crippen LogP contribution in [0.3, 0.4) is 0 Å². The summed E-state index contributed by atoms with van der Waals surface area (Å²) in [6.45, 7) is 5.30. The standard InChI is InChI=1S/2C12H15N5O.H2O4S/c2*1-2-17-11(18)9-6-4-3-5-8(9)10(16-17)7-15-12(13)14;1-5(2,3)4/h2*3-6H,2,7H2,1H3,(H4,13,14,15);(H2,1,2,3,4). The van der Waals surface area contributed by atoms with E-state index < -0.39 is 10.4 Å². The minimum absolute atomic E-state index is 0.00938. The molecule has 0 bridgehead atoms. The fourth-order valence-electron chi connectivity index (χ4n) is 3.61. The van der Waals surface area contributed by atoms with E-state index in [1.807, 2.05) is 50.2 Å². The molecule has 16 nitrogen and oxygen atoms in total. The molecule has 4 rings (SSSR count). The molecular weight excluding hydrogens is 556 g/mol. The molecule has 0 saturated heterocycles. The van der Waals surface area contributed by atoms with Gasteiger partial charge in [-0.1, -0.05) is 36.4 Å². The van der Waals surface area contributed by atoms with E-state index in [0.717, 1.165) is 10.8 Å². The molecule has 4 aromatic rings. The molecule has 10 N–H and O–H groups in total. The van der Waals surface area contributed by atoms with Gasteiger partial charge < -0.3 is 22.9 Å². The van der Waals surface area contributed by atoms with E-state index in [2.05, 4.69) is 20.2 Å². The minimum atomic E-state index is -4.67. The van der Waals surface area contributed by atoms with E-state index in [1.165, 1.54) is 9.36 Å². The van der Waals surface area contributed by atoms with E-state index in [0.29, 0.717) is 35.2 Å². The molecule has 0 unspecified atom stereocenters. The van der Waals surface area contributed by atoms with Crippen molar-refractivity contribution < 1.29 is 17.5 Å². The Balaban J connectivity index is 0.000000247. The van der Waals surface area contributed by atoms with Crippen molar-refractivity contribution in [2.75, 3.05) is 0 Å². The highest BCUT2D eigenvalue weighted by atomic mass is 32.3. The van der Waals surface area contributed by atoms with Crippen LogP contribution in [0.5, 0.6) is 0 Å². The lowest BCUT2D eigenvalue weighted by molar-refractivity contribution is 0.381. The number of aromatic nitrogens is 4. The first-order chi connectivity index (χ1) is 19.3. The summed E-state index contributed by atoms with van der Waals surface area (Å²) >= 11 is 0. The van der Waals surface area contributed by atoms with Crippen LogP contribution in [0, 0.1) is 0 Å². The van der Waals surface area contributed by atoms with Crippen molar-refractivity contribution in [3.63, 3.8) is 0 Å². The Bertz CT molecular complexity index is 1670. The van der Waals surface area contributed by atoms with Gasteiger partial charge in [-0.3, -0.25) is 18.7 Å². The second-order valence-corrected chi connectivity index (χ2v) is 9.05. The number of benzene rings is 2. The smallest absolute Gasteiger partial charge is 0.370 e. The van der Waals surface area contributed by atoms with Crippen LogP contribution in [0.15, 0.2) is 68.1 Å². The summed E-state index contributed by atoms with van der Waals surface area (Å²) in [5, 5.41) is 11.4. The SMILES string of the molecule is CCn1nc(CN=C(N)N)c2ccccc2c1=O.CCn1nc(CN=C(N)N)c2ccccc2c1=O.O=S(=O)(O)O. The van der Waals surface area contributed by atoms with Gasteiger partial charge in [0.15, 0.2) is 11.9 Å². The predicted octanol–water partition coefficient (Wildman–Crippen LogP) is -0.273. The Morgan fingerprint density at radius 1 is 0.707 bits per heavy atom. The first kappa shape index (κ1) is 32.3. The van der Waals surface area contributed by atoms with Crippen LogP contribution in [0.4, 0.5) is 0 Å². The summed E-state index contributed by atoms with van der Waals surface area (Å²) in [5.74, 6) is 0.0188. The zero-order chi connectivity index (χ0) is 30.7. The molecule has 0 radical (unpaired) electrons. The lowest BCUT2D eigenvalue weighted by Gasteiger charge is -2.07. The van der Waals surface area contributed by atoms with Crippen LogP contribution >= 0.6 is 0 Å². The van der Waals surface area contributed by atoms with E-state index in [4.69, 9.17) is 40.5 Å². The summed E-state index contributed by atoms with van der Waals surface area (Å²) in [4.78, 5) is 32.0. The Hall–Kier alpha value is -4.87. The number of nitrogens with two attached hydrogens (primary N) is 4. The maximum atomic E-state index is 12.1. The number of aryl methyl sites for hydroxylation is 2. The summed E-state index contributed by atoms with van der Waals surface area (Å²) in [5.41, 5.74) is 22.5. The monoisotopic (exact) mass is 588 g/mol. The lowest BCUT2D eigenvalue weighted by atomic mass is 10.1. The summed E-state index contributed by atoms with van der Waals surface area (Å²) in [6.07, 6.45) is 0. The molecule has 0 spiro atoms. The molecule has 0 fully saturated rings. The third-order valence-electron chi connectivity index (χ3n) is 5.31. The number of hydrogen-bond acceptors (Lipinski definition) is 8. The zero-order valence-corrected chi connectivity index (χ0v) is 23.2. The summed E-state index contributed by atoms with van der Waals surface area (Å²) < 4.78 is 34.4. The van der Waals surface area contributed by atoms with Crippen LogP contribution in [0.1, 0.15) is 25.2 Å². The fourth-order valence-corrected chi connectivity index (χ4v) is 3.61. The lowest BCUT2D eigenvalue weighted by Crippen LogP contribution is -2.25. The molecule has 2 heterocycles. The summed E-state index contributed by atoms with van der Waals surface area (Å²) in [6, 6.07) is 14.6. The van der Waals surface area contributed by atoms with Gasteiger partial charge in [0.05, 0.1) is 35.2 Å². The molecule has 0 aliphatic carbocycles. The molecule has 2 aromatic carbocycles. The molecule has 0 amide bonds. The number of hydrogen-bond donors (Lipinski definition) is 6. The van der Waals surface area contributed by atoms with Gasteiger partial charge in [0.25, 0.3) is 11.1 Å². The molecular formula is C24H32N10O6S. The number of guanidine groups is 2. The number of aliphatic imine (C=N–C) groups is 2. The van der Waals surface area contributed by atoms with Gasteiger partial charge in [0.1, 0.15) is 0 Å². The average Bonchev–Trinajstić information content (AvgIpc) is 2.92. The third kappa shape index (κ3) is 9.67. The van der Waals surface area contributed by atoms with Gasteiger partial charge in [0.2, 0.25) is 0 Å². The molecule has 0 aliphatic rings. The quantitative estimate of drug-likeness (QED) is 0.0964. The second-order valence-electron chi connectivity index (χ2n) is 8.16. The third-order valence-corrected chi connectivity index (χ3v) is 5.31. The van der Waals surface area contributed by atoms with Crippen LogP contribution in [-0.2, 0) is 36.6 Å². The highest BCUT2D eigenvalue weighted by molar-refractivity contribution is 7.79. The molecule has 0 aliphatic heterocycles. The van der Waals surface area contributed by atoms with Gasteiger partial charge in [-0.2, -0.15) is 18.6 Å². The number of nitrogens with zero attached hydrogens (tertiary/aromatic N) is 6. The van der Waals surface area contributed by atoms with Gasteiger partial charge in [-0.05, 0) is 26.0 Å². The van der Waals surface area contributed by atoms with Crippen molar-refractivity contribution in [2.45, 2.75) is 40.0 Å². The fraction of sp³-hybridized carbons (Fsp3) is 0.250. The van der Waals surface area contributed by atoms with Gasteiger partial charge in [-0.25, -0.2) is 19.3 Å². The maximum Gasteiger partial charge on any atom is 0.394 e. The van der Waals surface area contributed by atoms with Crippen LogP contribution in [0.2, 0.25) is 0 Å². The van der Waals surface area contributed by atoms with Crippen molar-refractivity contribution in [3.8, 4) is 0 Å². The average molecular weight is 589 g/mol. The normalized spacial score (nSPS) is 10.6. The maximum absolute atomic E-state index is 12.1. The number of rotatable bonds is 6. The summed E-state index contributed by atoms with van der Waals surface area (Å²) in [7, 11) is -4.67. The van der Waals surface area contributed by atoms with Gasteiger partial charge in [-0.15, -0.1) is 0 Å². The zero-order valence-electron chi connectivity index (χ0n) is 22.4. The molecule has 17 heteroatoms. The topological polar surface area (TPSA) is 273 Å². The Kier molecular flexibility index (Phi) is 11.4. The van der Waals surface area contributed by atoms with Gasteiger partial charge >= 0.3 is 10.4 Å². The first-order valence-electron chi connectivity index (χ1n) is 12.0. The molecule has 0 atom stereocenters. The van der Waals surface area contributed by atoms with E-state index in [9.17, 15) is 9.59 Å². The van der Waals surface area contributed by atoms with E-state index in [-0.39, 0.29) is 36.1 Å². The predicted molar refractivity (Wildman–Crippen MR) is 157 cm³/mol. The Morgan fingerprint density at radius 3 is 1.27 bits per heavy atom. The van der Waals surface area contributed by atoms with Crippen molar-refractivity contribution in [2.24, 2.45) is 32.9 Å². The highest BCUT2D eigenvalue weighted by Crippen LogP contribution is 2.15. The molecule has 220 valence electrons.